The molecule has 0 atom stereocenters. The van der Waals surface area contributed by atoms with Gasteiger partial charge in [0.15, 0.2) is 5.75 Å². The molecule has 0 radical (unpaired) electrons. The third-order valence-corrected chi connectivity index (χ3v) is 4.76. The second-order valence-electron chi connectivity index (χ2n) is 6.76. The van der Waals surface area contributed by atoms with E-state index in [2.05, 4.69) is 20.4 Å². The zero-order valence-corrected chi connectivity index (χ0v) is 15.9. The van der Waals surface area contributed by atoms with Gasteiger partial charge >= 0.3 is 0 Å². The number of phenolic OH excluding ortho intramolecular Hbond substituents is 1. The highest BCUT2D eigenvalue weighted by molar-refractivity contribution is 6.31. The largest absolute Gasteiger partial charge is 0.504 e. The van der Waals surface area contributed by atoms with Gasteiger partial charge in [-0.05, 0) is 61.4 Å². The van der Waals surface area contributed by atoms with Crippen LogP contribution in [-0.2, 0) is 0 Å². The molecule has 2 heterocycles. The van der Waals surface area contributed by atoms with Crippen molar-refractivity contribution in [2.75, 3.05) is 0 Å². The molecule has 3 aromatic carbocycles. The summed E-state index contributed by atoms with van der Waals surface area (Å²) in [6, 6.07) is 14.8. The van der Waals surface area contributed by atoms with Crippen LogP contribution < -0.4 is 0 Å². The van der Waals surface area contributed by atoms with Crippen molar-refractivity contribution < 1.29 is 5.11 Å². The summed E-state index contributed by atoms with van der Waals surface area (Å²) in [6.07, 6.45) is 0. The number of aromatic nitrogens is 6. The van der Waals surface area contributed by atoms with Crippen LogP contribution in [0, 0.1) is 13.8 Å². The molecule has 0 aliphatic carbocycles. The number of phenols is 1. The Morgan fingerprint density at radius 2 is 1.11 bits per heavy atom. The molecule has 0 unspecified atom stereocenters. The predicted molar refractivity (Wildman–Crippen MR) is 107 cm³/mol. The van der Waals surface area contributed by atoms with Crippen molar-refractivity contribution in [3.8, 4) is 17.1 Å². The summed E-state index contributed by atoms with van der Waals surface area (Å²) in [4.78, 5) is 2.75. The number of hydrogen-bond acceptors (Lipinski definition) is 5. The number of fused-ring (bicyclic) bond motifs is 2. The SMILES string of the molecule is Cc1ccc2nn(-c3cc(Cl)cc(-n4nc5ccc(C)cc5n4)c3O)nc2c1. The quantitative estimate of drug-likeness (QED) is 0.490. The summed E-state index contributed by atoms with van der Waals surface area (Å²) >= 11 is 6.32. The molecule has 5 aromatic rings. The average molecular weight is 391 g/mol. The summed E-state index contributed by atoms with van der Waals surface area (Å²) in [5.74, 6) is -0.0570. The second-order valence-corrected chi connectivity index (χ2v) is 7.19. The van der Waals surface area contributed by atoms with Crippen LogP contribution in [0.3, 0.4) is 0 Å². The van der Waals surface area contributed by atoms with Gasteiger partial charge in [0.05, 0.1) is 0 Å². The topological polar surface area (TPSA) is 81.7 Å². The Labute approximate surface area is 164 Å². The van der Waals surface area contributed by atoms with Crippen LogP contribution in [0.1, 0.15) is 11.1 Å². The van der Waals surface area contributed by atoms with E-state index in [1.54, 1.807) is 12.1 Å². The monoisotopic (exact) mass is 390 g/mol. The highest BCUT2D eigenvalue weighted by Crippen LogP contribution is 2.32. The zero-order valence-electron chi connectivity index (χ0n) is 15.1. The van der Waals surface area contributed by atoms with Gasteiger partial charge in [-0.2, -0.15) is 0 Å². The van der Waals surface area contributed by atoms with E-state index >= 15 is 0 Å². The smallest absolute Gasteiger partial charge is 0.171 e. The zero-order chi connectivity index (χ0) is 19.4. The first-order valence-corrected chi connectivity index (χ1v) is 9.06. The Balaban J connectivity index is 1.70. The van der Waals surface area contributed by atoms with E-state index in [-0.39, 0.29) is 5.75 Å². The minimum atomic E-state index is -0.0570. The van der Waals surface area contributed by atoms with E-state index in [0.29, 0.717) is 16.4 Å². The van der Waals surface area contributed by atoms with Crippen LogP contribution in [0.2, 0.25) is 5.02 Å². The minimum Gasteiger partial charge on any atom is -0.504 e. The molecule has 0 saturated heterocycles. The number of hydrogen-bond donors (Lipinski definition) is 1. The van der Waals surface area contributed by atoms with E-state index in [0.717, 1.165) is 33.2 Å². The molecule has 5 rings (SSSR count). The van der Waals surface area contributed by atoms with Crippen molar-refractivity contribution in [2.45, 2.75) is 13.8 Å². The highest BCUT2D eigenvalue weighted by Gasteiger charge is 2.17. The fraction of sp³-hybridized carbons (Fsp3) is 0.100. The van der Waals surface area contributed by atoms with E-state index < -0.39 is 0 Å². The maximum absolute atomic E-state index is 10.9. The molecule has 0 saturated carbocycles. The van der Waals surface area contributed by atoms with Crippen molar-refractivity contribution in [2.24, 2.45) is 0 Å². The molecule has 0 spiro atoms. The Morgan fingerprint density at radius 1 is 0.679 bits per heavy atom. The minimum absolute atomic E-state index is 0.0570. The molecule has 0 aliphatic heterocycles. The number of halogens is 1. The van der Waals surface area contributed by atoms with Gasteiger partial charge in [0, 0.05) is 5.02 Å². The van der Waals surface area contributed by atoms with Crippen LogP contribution in [0.25, 0.3) is 33.4 Å². The highest BCUT2D eigenvalue weighted by atomic mass is 35.5. The molecule has 0 bridgehead atoms. The molecule has 8 heteroatoms. The number of benzene rings is 3. The van der Waals surface area contributed by atoms with Crippen molar-refractivity contribution in [1.82, 2.24) is 30.0 Å². The summed E-state index contributed by atoms with van der Waals surface area (Å²) < 4.78 is 0. The van der Waals surface area contributed by atoms with Gasteiger partial charge < -0.3 is 5.11 Å². The Bertz CT molecular complexity index is 1270. The Kier molecular flexibility index (Phi) is 3.60. The predicted octanol–water partition coefficient (Wildman–Crippen LogP) is 4.13. The van der Waals surface area contributed by atoms with Crippen molar-refractivity contribution in [1.29, 1.82) is 0 Å². The summed E-state index contributed by atoms with van der Waals surface area (Å²) in [5.41, 5.74) is 5.80. The molecule has 2 aromatic heterocycles. The van der Waals surface area contributed by atoms with Crippen LogP contribution in [0.4, 0.5) is 0 Å². The van der Waals surface area contributed by atoms with Crippen molar-refractivity contribution in [3.05, 3.63) is 64.7 Å². The molecule has 1 N–H and O–H groups in total. The van der Waals surface area contributed by atoms with Crippen LogP contribution in [0.5, 0.6) is 5.75 Å². The van der Waals surface area contributed by atoms with E-state index in [9.17, 15) is 5.11 Å². The molecule has 0 aliphatic rings. The Hall–Kier alpha value is -3.45. The molecule has 7 nitrogen and oxygen atoms in total. The first-order valence-electron chi connectivity index (χ1n) is 8.68. The van der Waals surface area contributed by atoms with Crippen LogP contribution >= 0.6 is 11.6 Å². The summed E-state index contributed by atoms with van der Waals surface area (Å²) in [7, 11) is 0. The average Bonchev–Trinajstić information content (AvgIpc) is 3.26. The van der Waals surface area contributed by atoms with Gasteiger partial charge in [0.25, 0.3) is 0 Å². The molecule has 0 fully saturated rings. The van der Waals surface area contributed by atoms with Crippen molar-refractivity contribution in [3.63, 3.8) is 0 Å². The first-order chi connectivity index (χ1) is 13.5. The normalized spacial score (nSPS) is 11.5. The number of rotatable bonds is 2. The van der Waals surface area contributed by atoms with E-state index in [1.807, 2.05) is 50.2 Å². The van der Waals surface area contributed by atoms with E-state index in [4.69, 9.17) is 11.6 Å². The number of nitrogens with zero attached hydrogens (tertiary/aromatic N) is 6. The third kappa shape index (κ3) is 2.68. The molecule has 28 heavy (non-hydrogen) atoms. The lowest BCUT2D eigenvalue weighted by Gasteiger charge is -2.09. The fourth-order valence-corrected chi connectivity index (χ4v) is 3.35. The Morgan fingerprint density at radius 3 is 1.57 bits per heavy atom. The molecule has 138 valence electrons. The number of aromatic hydroxyl groups is 1. The van der Waals surface area contributed by atoms with Gasteiger partial charge in [0.2, 0.25) is 0 Å². The van der Waals surface area contributed by atoms with Crippen LogP contribution in [-0.4, -0.2) is 35.1 Å². The van der Waals surface area contributed by atoms with Gasteiger partial charge in [0.1, 0.15) is 33.4 Å². The summed E-state index contributed by atoms with van der Waals surface area (Å²) in [5, 5.41) is 29.2. The standard InChI is InChI=1S/C20H15ClN6O/c1-11-3-5-14-16(7-11)24-26(22-14)18-9-13(21)10-19(20(18)28)27-23-15-6-4-12(2)8-17(15)25-27/h3-10,28H,1-2H3. The van der Waals surface area contributed by atoms with E-state index in [1.165, 1.54) is 9.59 Å². The molecule has 0 amide bonds. The second kappa shape index (κ2) is 6.03. The molecular formula is C20H15ClN6O. The van der Waals surface area contributed by atoms with Gasteiger partial charge in [-0.15, -0.1) is 30.0 Å². The number of aryl methyl sites for hydroxylation is 2. The maximum Gasteiger partial charge on any atom is 0.171 e. The third-order valence-electron chi connectivity index (χ3n) is 4.54. The lowest BCUT2D eigenvalue weighted by atomic mass is 10.2. The van der Waals surface area contributed by atoms with Crippen molar-refractivity contribution >= 4 is 33.7 Å². The summed E-state index contributed by atoms with van der Waals surface area (Å²) in [6.45, 7) is 3.98. The maximum atomic E-state index is 10.9. The van der Waals surface area contributed by atoms with Gasteiger partial charge in [-0.3, -0.25) is 0 Å². The lowest BCUT2D eigenvalue weighted by molar-refractivity contribution is 0.460. The van der Waals surface area contributed by atoms with Gasteiger partial charge in [-0.25, -0.2) is 0 Å². The van der Waals surface area contributed by atoms with Gasteiger partial charge in [-0.1, -0.05) is 23.7 Å². The lowest BCUT2D eigenvalue weighted by Crippen LogP contribution is -2.04. The van der Waals surface area contributed by atoms with Crippen LogP contribution in [0.15, 0.2) is 48.5 Å². The molecular weight excluding hydrogens is 376 g/mol. The first kappa shape index (κ1) is 16.7. The fourth-order valence-electron chi connectivity index (χ4n) is 3.14.